The second kappa shape index (κ2) is 6.85. The highest BCUT2D eigenvalue weighted by Crippen LogP contribution is 2.15. The quantitative estimate of drug-likeness (QED) is 0.854. The van der Waals surface area contributed by atoms with Crippen LogP contribution in [0.1, 0.15) is 19.4 Å². The van der Waals surface area contributed by atoms with Crippen LogP contribution in [0, 0.1) is 0 Å². The number of hydrogen-bond donors (Lipinski definition) is 1. The van der Waals surface area contributed by atoms with Crippen molar-refractivity contribution in [2.75, 3.05) is 13.1 Å². The predicted molar refractivity (Wildman–Crippen MR) is 84.2 cm³/mol. The van der Waals surface area contributed by atoms with Gasteiger partial charge in [0.15, 0.2) is 0 Å². The molecule has 22 heavy (non-hydrogen) atoms. The van der Waals surface area contributed by atoms with Crippen molar-refractivity contribution in [3.8, 4) is 0 Å². The maximum Gasteiger partial charge on any atom is 0.410 e. The molecule has 1 aliphatic rings. The van der Waals surface area contributed by atoms with Crippen LogP contribution in [0.2, 0.25) is 5.02 Å². The van der Waals surface area contributed by atoms with E-state index in [2.05, 4.69) is 4.72 Å². The molecule has 122 valence electrons. The van der Waals surface area contributed by atoms with Gasteiger partial charge in [-0.25, -0.2) is 17.9 Å². The summed E-state index contributed by atoms with van der Waals surface area (Å²) in [6.07, 6.45) is -0.869. The standard InChI is InChI=1S/C14H19ClN2O4S/c1-10(2)17-8-13(21-14(17)18)7-16-22(19,20)9-11-3-5-12(15)6-4-11/h3-6,10,13,16H,7-9H2,1-2H3. The summed E-state index contributed by atoms with van der Waals surface area (Å²) in [6.45, 7) is 4.23. The Kier molecular flexibility index (Phi) is 5.31. The van der Waals surface area contributed by atoms with Crippen LogP contribution in [0.15, 0.2) is 24.3 Å². The van der Waals surface area contributed by atoms with E-state index in [0.717, 1.165) is 0 Å². The summed E-state index contributed by atoms with van der Waals surface area (Å²) in [6, 6.07) is 6.65. The van der Waals surface area contributed by atoms with Gasteiger partial charge in [-0.15, -0.1) is 0 Å². The van der Waals surface area contributed by atoms with Gasteiger partial charge in [-0.1, -0.05) is 23.7 Å². The van der Waals surface area contributed by atoms with Gasteiger partial charge < -0.3 is 9.64 Å². The molecule has 0 bridgehead atoms. The number of rotatable bonds is 6. The normalized spacial score (nSPS) is 18.8. The zero-order valence-corrected chi connectivity index (χ0v) is 14.0. The third-order valence-corrected chi connectivity index (χ3v) is 4.90. The number of carbonyl (C=O) groups is 1. The number of nitrogens with zero attached hydrogens (tertiary/aromatic N) is 1. The average molecular weight is 347 g/mol. The molecule has 0 aromatic heterocycles. The fraction of sp³-hybridized carbons (Fsp3) is 0.500. The number of nitrogens with one attached hydrogen (secondary N) is 1. The first-order chi connectivity index (χ1) is 10.3. The van der Waals surface area contributed by atoms with Crippen LogP contribution in [-0.4, -0.2) is 44.6 Å². The summed E-state index contributed by atoms with van der Waals surface area (Å²) in [5, 5.41) is 0.556. The molecule has 2 rings (SSSR count). The molecular formula is C14H19ClN2O4S. The van der Waals surface area contributed by atoms with E-state index in [4.69, 9.17) is 16.3 Å². The molecule has 1 saturated heterocycles. The monoisotopic (exact) mass is 346 g/mol. The molecule has 0 spiro atoms. The molecule has 1 aliphatic heterocycles. The molecule has 1 N–H and O–H groups in total. The lowest BCUT2D eigenvalue weighted by Crippen LogP contribution is -2.36. The molecule has 1 heterocycles. The van der Waals surface area contributed by atoms with Gasteiger partial charge in [0, 0.05) is 17.6 Å². The van der Waals surface area contributed by atoms with Crippen molar-refractivity contribution in [2.24, 2.45) is 0 Å². The van der Waals surface area contributed by atoms with Gasteiger partial charge in [0.25, 0.3) is 0 Å². The smallest absolute Gasteiger partial charge is 0.410 e. The molecule has 0 saturated carbocycles. The van der Waals surface area contributed by atoms with Crippen molar-refractivity contribution in [2.45, 2.75) is 31.7 Å². The number of hydrogen-bond acceptors (Lipinski definition) is 4. The van der Waals surface area contributed by atoms with Crippen LogP contribution >= 0.6 is 11.6 Å². The molecule has 1 amide bonds. The molecule has 1 atom stereocenters. The van der Waals surface area contributed by atoms with Crippen molar-refractivity contribution in [3.63, 3.8) is 0 Å². The average Bonchev–Trinajstić information content (AvgIpc) is 2.81. The SMILES string of the molecule is CC(C)N1CC(CNS(=O)(=O)Cc2ccc(Cl)cc2)OC1=O. The van der Waals surface area contributed by atoms with Crippen molar-refractivity contribution < 1.29 is 17.9 Å². The number of cyclic esters (lactones) is 1. The van der Waals surface area contributed by atoms with Crippen molar-refractivity contribution in [3.05, 3.63) is 34.9 Å². The molecule has 8 heteroatoms. The molecular weight excluding hydrogens is 328 g/mol. The first-order valence-corrected chi connectivity index (χ1v) is 8.99. The van der Waals surface area contributed by atoms with Gasteiger partial charge >= 0.3 is 6.09 Å². The molecule has 6 nitrogen and oxygen atoms in total. The van der Waals surface area contributed by atoms with Gasteiger partial charge in [-0.05, 0) is 31.5 Å². The Morgan fingerprint density at radius 1 is 1.36 bits per heavy atom. The number of sulfonamides is 1. The number of amides is 1. The second-order valence-corrected chi connectivity index (χ2v) is 7.73. The van der Waals surface area contributed by atoms with Crippen LogP contribution in [-0.2, 0) is 20.5 Å². The fourth-order valence-corrected chi connectivity index (χ4v) is 3.44. The highest BCUT2D eigenvalue weighted by molar-refractivity contribution is 7.88. The lowest BCUT2D eigenvalue weighted by Gasteiger charge is -2.16. The Balaban J connectivity index is 1.88. The minimum absolute atomic E-state index is 0.0307. The summed E-state index contributed by atoms with van der Waals surface area (Å²) in [5.41, 5.74) is 0.643. The number of halogens is 1. The maximum absolute atomic E-state index is 12.0. The summed E-state index contributed by atoms with van der Waals surface area (Å²) in [5.74, 6) is -0.140. The lowest BCUT2D eigenvalue weighted by atomic mass is 10.2. The summed E-state index contributed by atoms with van der Waals surface area (Å²) in [7, 11) is -3.49. The van der Waals surface area contributed by atoms with Crippen molar-refractivity contribution in [1.82, 2.24) is 9.62 Å². The van der Waals surface area contributed by atoms with E-state index in [0.29, 0.717) is 17.1 Å². The summed E-state index contributed by atoms with van der Waals surface area (Å²) >= 11 is 5.76. The van der Waals surface area contributed by atoms with E-state index in [1.54, 1.807) is 29.2 Å². The van der Waals surface area contributed by atoms with Gasteiger partial charge in [0.1, 0.15) is 6.10 Å². The maximum atomic E-state index is 12.0. The second-order valence-electron chi connectivity index (χ2n) is 5.49. The van der Waals surface area contributed by atoms with Crippen LogP contribution in [0.5, 0.6) is 0 Å². The lowest BCUT2D eigenvalue weighted by molar-refractivity contribution is 0.130. The zero-order chi connectivity index (χ0) is 16.3. The topological polar surface area (TPSA) is 75.7 Å². The predicted octanol–water partition coefficient (Wildman–Crippen LogP) is 1.99. The molecule has 1 fully saturated rings. The Bertz CT molecular complexity index is 631. The van der Waals surface area contributed by atoms with Crippen LogP contribution in [0.3, 0.4) is 0 Å². The highest BCUT2D eigenvalue weighted by atomic mass is 35.5. The van der Waals surface area contributed by atoms with Crippen LogP contribution in [0.25, 0.3) is 0 Å². The number of carbonyl (C=O) groups excluding carboxylic acids is 1. The first kappa shape index (κ1) is 17.1. The Morgan fingerprint density at radius 2 is 2.00 bits per heavy atom. The van der Waals surface area contributed by atoms with Crippen molar-refractivity contribution >= 4 is 27.7 Å². The Labute approximate surface area is 135 Å². The first-order valence-electron chi connectivity index (χ1n) is 6.96. The summed E-state index contributed by atoms with van der Waals surface area (Å²) < 4.78 is 31.7. The van der Waals surface area contributed by atoms with E-state index >= 15 is 0 Å². The Morgan fingerprint density at radius 3 is 2.55 bits per heavy atom. The molecule has 0 radical (unpaired) electrons. The van der Waals surface area contributed by atoms with E-state index in [-0.39, 0.29) is 18.3 Å². The minimum atomic E-state index is -3.49. The Hall–Kier alpha value is -1.31. The van der Waals surface area contributed by atoms with E-state index in [9.17, 15) is 13.2 Å². The zero-order valence-electron chi connectivity index (χ0n) is 12.5. The molecule has 0 aliphatic carbocycles. The third kappa shape index (κ3) is 4.59. The van der Waals surface area contributed by atoms with E-state index in [1.165, 1.54) is 0 Å². The fourth-order valence-electron chi connectivity index (χ4n) is 2.14. The van der Waals surface area contributed by atoms with E-state index < -0.39 is 22.2 Å². The van der Waals surface area contributed by atoms with Crippen LogP contribution < -0.4 is 4.72 Å². The van der Waals surface area contributed by atoms with Gasteiger partial charge in [-0.2, -0.15) is 0 Å². The summed E-state index contributed by atoms with van der Waals surface area (Å²) in [4.78, 5) is 13.2. The van der Waals surface area contributed by atoms with Gasteiger partial charge in [0.2, 0.25) is 10.0 Å². The number of benzene rings is 1. The van der Waals surface area contributed by atoms with Crippen molar-refractivity contribution in [1.29, 1.82) is 0 Å². The minimum Gasteiger partial charge on any atom is -0.443 e. The van der Waals surface area contributed by atoms with Gasteiger partial charge in [-0.3, -0.25) is 0 Å². The largest absolute Gasteiger partial charge is 0.443 e. The molecule has 1 unspecified atom stereocenters. The number of ether oxygens (including phenoxy) is 1. The molecule has 1 aromatic carbocycles. The highest BCUT2D eigenvalue weighted by Gasteiger charge is 2.33. The van der Waals surface area contributed by atoms with E-state index in [1.807, 2.05) is 13.8 Å². The van der Waals surface area contributed by atoms with Crippen LogP contribution in [0.4, 0.5) is 4.79 Å². The third-order valence-electron chi connectivity index (χ3n) is 3.33. The van der Waals surface area contributed by atoms with Gasteiger partial charge in [0.05, 0.1) is 12.3 Å². The molecule has 1 aromatic rings.